The van der Waals surface area contributed by atoms with E-state index >= 15 is 0 Å². The maximum absolute atomic E-state index is 4.78. The van der Waals surface area contributed by atoms with Gasteiger partial charge < -0.3 is 0 Å². The number of benzene rings is 2. The summed E-state index contributed by atoms with van der Waals surface area (Å²) < 4.78 is 1.17. The van der Waals surface area contributed by atoms with Crippen molar-refractivity contribution in [2.45, 2.75) is 0 Å². The summed E-state index contributed by atoms with van der Waals surface area (Å²) in [7, 11) is 0. The fourth-order valence-electron chi connectivity index (χ4n) is 2.58. The van der Waals surface area contributed by atoms with Crippen LogP contribution < -0.4 is 10.6 Å². The summed E-state index contributed by atoms with van der Waals surface area (Å²) >= 11 is 3.14. The molecule has 0 amide bonds. The maximum atomic E-state index is 4.78. The Balaban J connectivity index is 2.29. The first-order valence-electron chi connectivity index (χ1n) is 5.88. The molecule has 0 atom stereocenters. The van der Waals surface area contributed by atoms with Crippen molar-refractivity contribution in [3.63, 3.8) is 0 Å². The molecule has 2 aromatic rings. The van der Waals surface area contributed by atoms with Crippen molar-refractivity contribution in [3.8, 4) is 0 Å². The van der Waals surface area contributed by atoms with Gasteiger partial charge in [0.1, 0.15) is 0 Å². The molecule has 0 bridgehead atoms. The van der Waals surface area contributed by atoms with Gasteiger partial charge >= 0.3 is 112 Å². The summed E-state index contributed by atoms with van der Waals surface area (Å²) in [6, 6.07) is 12.7. The van der Waals surface area contributed by atoms with Gasteiger partial charge in [0.2, 0.25) is 0 Å². The van der Waals surface area contributed by atoms with Gasteiger partial charge in [0, 0.05) is 0 Å². The van der Waals surface area contributed by atoms with Crippen LogP contribution in [0.2, 0.25) is 0 Å². The van der Waals surface area contributed by atoms with Crippen molar-refractivity contribution in [2.24, 2.45) is 4.99 Å². The van der Waals surface area contributed by atoms with Crippen LogP contribution in [0.3, 0.4) is 0 Å². The first-order chi connectivity index (χ1) is 8.84. The quantitative estimate of drug-likeness (QED) is 0.554. The molecule has 4 rings (SSSR count). The zero-order chi connectivity index (χ0) is 12.1. The molecule has 1 aliphatic heterocycles. The molecule has 2 heteroatoms. The summed E-state index contributed by atoms with van der Waals surface area (Å²) in [5.74, 6) is 0. The van der Waals surface area contributed by atoms with E-state index in [1.165, 1.54) is 25.6 Å². The minimum absolute atomic E-state index is 1.07. The summed E-state index contributed by atoms with van der Waals surface area (Å²) in [5.41, 5.74) is 2.33. The van der Waals surface area contributed by atoms with Crippen LogP contribution in [0.4, 0.5) is 5.69 Å². The molecule has 0 aromatic heterocycles. The fraction of sp³-hybridized carbons (Fsp3) is 0. The number of para-hydroxylation sites is 1. The SMILES string of the molecule is [Se]=C1C=CC=c2ccc3c(c21)N=c1ccccc1=3. The predicted molar refractivity (Wildman–Crippen MR) is 74.5 cm³/mol. The summed E-state index contributed by atoms with van der Waals surface area (Å²) in [4.78, 5) is 4.78. The van der Waals surface area contributed by atoms with Crippen LogP contribution in [0.25, 0.3) is 6.08 Å². The molecule has 1 nitrogen and oxygen atoms in total. The zero-order valence-corrected chi connectivity index (χ0v) is 11.3. The third-order valence-corrected chi connectivity index (χ3v) is 4.12. The standard InChI is InChI=1S/C16H9NSe/c18-14-7-3-4-10-8-9-12-11-5-1-2-6-13(11)17-16(12)15(10)14/h1-9H. The Kier molecular flexibility index (Phi) is 2.05. The van der Waals surface area contributed by atoms with Crippen molar-refractivity contribution in [2.75, 3.05) is 0 Å². The van der Waals surface area contributed by atoms with E-state index in [9.17, 15) is 0 Å². The van der Waals surface area contributed by atoms with Crippen molar-refractivity contribution in [1.29, 1.82) is 0 Å². The number of hydrogen-bond donors (Lipinski definition) is 0. The van der Waals surface area contributed by atoms with Crippen LogP contribution in [0, 0.1) is 10.4 Å². The summed E-state index contributed by atoms with van der Waals surface area (Å²) in [6.07, 6.45) is 6.30. The Morgan fingerprint density at radius 1 is 0.944 bits per heavy atom. The van der Waals surface area contributed by atoms with E-state index in [2.05, 4.69) is 64.1 Å². The second-order valence-corrected chi connectivity index (χ2v) is 5.37. The number of rotatable bonds is 0. The molecule has 0 unspecified atom stereocenters. The van der Waals surface area contributed by atoms with E-state index in [1.807, 2.05) is 6.07 Å². The molecule has 0 N–H and O–H groups in total. The van der Waals surface area contributed by atoms with E-state index in [1.54, 1.807) is 0 Å². The third kappa shape index (κ3) is 1.28. The Hall–Kier alpha value is -1.76. The average Bonchev–Trinajstić information content (AvgIpc) is 2.77. The second-order valence-electron chi connectivity index (χ2n) is 4.44. The molecule has 2 aromatic carbocycles. The van der Waals surface area contributed by atoms with Gasteiger partial charge in [-0.15, -0.1) is 0 Å². The monoisotopic (exact) mass is 295 g/mol. The van der Waals surface area contributed by atoms with Gasteiger partial charge in [0.15, 0.2) is 0 Å². The van der Waals surface area contributed by atoms with Gasteiger partial charge in [-0.05, 0) is 0 Å². The van der Waals surface area contributed by atoms with E-state index in [0.717, 1.165) is 11.0 Å². The van der Waals surface area contributed by atoms with Gasteiger partial charge in [-0.1, -0.05) is 0 Å². The van der Waals surface area contributed by atoms with Crippen LogP contribution in [-0.4, -0.2) is 20.0 Å². The molecular weight excluding hydrogens is 285 g/mol. The normalized spacial score (nSPS) is 14.3. The van der Waals surface area contributed by atoms with E-state index in [-0.39, 0.29) is 0 Å². The Labute approximate surface area is 112 Å². The van der Waals surface area contributed by atoms with Crippen molar-refractivity contribution in [3.05, 3.63) is 75.1 Å². The van der Waals surface area contributed by atoms with Gasteiger partial charge in [0.05, 0.1) is 0 Å². The van der Waals surface area contributed by atoms with E-state index < -0.39 is 0 Å². The Morgan fingerprint density at radius 2 is 1.83 bits per heavy atom. The predicted octanol–water partition coefficient (Wildman–Crippen LogP) is 1.28. The molecule has 0 saturated heterocycles. The van der Waals surface area contributed by atoms with Crippen LogP contribution in [-0.2, 0) is 0 Å². The average molecular weight is 294 g/mol. The van der Waals surface area contributed by atoms with Crippen LogP contribution in [0.15, 0.2) is 53.5 Å². The van der Waals surface area contributed by atoms with Crippen molar-refractivity contribution in [1.82, 2.24) is 0 Å². The van der Waals surface area contributed by atoms with Crippen molar-refractivity contribution < 1.29 is 0 Å². The second kappa shape index (κ2) is 3.61. The van der Waals surface area contributed by atoms with E-state index in [0.29, 0.717) is 0 Å². The first kappa shape index (κ1) is 10.2. The van der Waals surface area contributed by atoms with Crippen LogP contribution >= 0.6 is 0 Å². The van der Waals surface area contributed by atoms with Gasteiger partial charge in [0.25, 0.3) is 0 Å². The molecule has 18 heavy (non-hydrogen) atoms. The number of hydrogen-bond acceptors (Lipinski definition) is 1. The summed E-state index contributed by atoms with van der Waals surface area (Å²) in [5, 5.41) is 4.78. The number of fused-ring (bicyclic) bond motifs is 4. The molecule has 1 aliphatic carbocycles. The zero-order valence-electron chi connectivity index (χ0n) is 9.55. The van der Waals surface area contributed by atoms with Gasteiger partial charge in [-0.2, -0.15) is 0 Å². The molecule has 0 fully saturated rings. The van der Waals surface area contributed by atoms with Gasteiger partial charge in [-0.3, -0.25) is 0 Å². The van der Waals surface area contributed by atoms with Crippen LogP contribution in [0.5, 0.6) is 0 Å². The molecule has 84 valence electrons. The molecule has 0 spiro atoms. The topological polar surface area (TPSA) is 12.4 Å². The molecule has 0 radical (unpaired) electrons. The number of nitrogens with zero attached hydrogens (tertiary/aromatic N) is 1. The molecular formula is C16H9NSe. The fourth-order valence-corrected chi connectivity index (χ4v) is 3.19. The van der Waals surface area contributed by atoms with Gasteiger partial charge in [-0.25, -0.2) is 0 Å². The first-order valence-corrected chi connectivity index (χ1v) is 6.74. The molecule has 1 heterocycles. The Morgan fingerprint density at radius 3 is 2.78 bits per heavy atom. The number of allylic oxidation sites excluding steroid dienone is 2. The Bertz CT molecular complexity index is 936. The third-order valence-electron chi connectivity index (χ3n) is 3.41. The minimum atomic E-state index is 1.07. The molecule has 2 aliphatic rings. The summed E-state index contributed by atoms with van der Waals surface area (Å²) in [6.45, 7) is 0. The molecule has 0 saturated carbocycles. The van der Waals surface area contributed by atoms with Crippen molar-refractivity contribution >= 4 is 31.8 Å². The van der Waals surface area contributed by atoms with E-state index in [4.69, 9.17) is 4.99 Å². The van der Waals surface area contributed by atoms with Crippen LogP contribution in [0.1, 0.15) is 5.56 Å².